The average Bonchev–Trinajstić information content (AvgIpc) is 3.10. The first-order valence-electron chi connectivity index (χ1n) is 5.09. The Kier molecular flexibility index (Phi) is 2.68. The first-order valence-corrected chi connectivity index (χ1v) is 5.09. The van der Waals surface area contributed by atoms with Crippen LogP contribution in [-0.4, -0.2) is 28.8 Å². The Morgan fingerprint density at radius 2 is 2.12 bits per heavy atom. The molecule has 5 heteroatoms. The van der Waals surface area contributed by atoms with E-state index in [2.05, 4.69) is 14.7 Å². The summed E-state index contributed by atoms with van der Waals surface area (Å²) in [5.41, 5.74) is 0.778. The highest BCUT2D eigenvalue weighted by Crippen LogP contribution is 2.31. The zero-order chi connectivity index (χ0) is 11.7. The lowest BCUT2D eigenvalue weighted by Gasteiger charge is -2.03. The minimum absolute atomic E-state index is 0.0282. The Morgan fingerprint density at radius 3 is 2.62 bits per heavy atom. The molecule has 1 fully saturated rings. The van der Waals surface area contributed by atoms with E-state index in [1.807, 2.05) is 0 Å². The molecule has 2 rings (SSSR count). The van der Waals surface area contributed by atoms with Crippen molar-refractivity contribution in [3.05, 3.63) is 23.3 Å². The molecule has 0 amide bonds. The Balaban J connectivity index is 2.28. The van der Waals surface area contributed by atoms with Crippen LogP contribution in [-0.2, 0) is 4.74 Å². The summed E-state index contributed by atoms with van der Waals surface area (Å²) in [6, 6.07) is 0. The molecule has 0 radical (unpaired) electrons. The molecule has 0 unspecified atom stereocenters. The highest BCUT2D eigenvalue weighted by atomic mass is 16.5. The first-order chi connectivity index (χ1) is 7.63. The van der Waals surface area contributed by atoms with Gasteiger partial charge in [-0.2, -0.15) is 0 Å². The second-order valence-corrected chi connectivity index (χ2v) is 3.82. The summed E-state index contributed by atoms with van der Waals surface area (Å²) in [4.78, 5) is 30.9. The number of esters is 1. The number of carbonyl (C=O) groups is 2. The topological polar surface area (TPSA) is 69.2 Å². The van der Waals surface area contributed by atoms with E-state index in [0.29, 0.717) is 11.3 Å². The van der Waals surface area contributed by atoms with Crippen molar-refractivity contribution in [3.8, 4) is 0 Å². The molecule has 0 saturated heterocycles. The van der Waals surface area contributed by atoms with Gasteiger partial charge in [-0.1, -0.05) is 0 Å². The third-order valence-corrected chi connectivity index (χ3v) is 2.55. The molecule has 0 bridgehead atoms. The zero-order valence-corrected chi connectivity index (χ0v) is 9.19. The summed E-state index contributed by atoms with van der Waals surface area (Å²) < 4.78 is 4.57. The van der Waals surface area contributed by atoms with Gasteiger partial charge >= 0.3 is 5.97 Å². The Labute approximate surface area is 92.9 Å². The molecule has 5 nitrogen and oxygen atoms in total. The van der Waals surface area contributed by atoms with Crippen LogP contribution in [0.3, 0.4) is 0 Å². The Morgan fingerprint density at radius 1 is 1.44 bits per heavy atom. The van der Waals surface area contributed by atoms with E-state index in [1.54, 1.807) is 6.92 Å². The van der Waals surface area contributed by atoms with Crippen LogP contribution in [0.2, 0.25) is 0 Å². The van der Waals surface area contributed by atoms with E-state index in [0.717, 1.165) is 12.8 Å². The lowest BCUT2D eigenvalue weighted by molar-refractivity contribution is 0.0598. The molecular weight excluding hydrogens is 208 g/mol. The normalized spacial score (nSPS) is 14.6. The van der Waals surface area contributed by atoms with E-state index < -0.39 is 5.97 Å². The van der Waals surface area contributed by atoms with Crippen LogP contribution in [0.15, 0.2) is 6.20 Å². The van der Waals surface area contributed by atoms with E-state index in [-0.39, 0.29) is 17.5 Å². The number of Topliss-reactive ketones (excluding diaryl/α,β-unsaturated/α-hetero) is 1. The molecule has 0 aromatic carbocycles. The molecule has 84 valence electrons. The molecule has 0 spiro atoms. The number of hydrogen-bond acceptors (Lipinski definition) is 5. The largest absolute Gasteiger partial charge is 0.465 e. The SMILES string of the molecule is COC(=O)c1cnc(C(=O)C2CC2)nc1C. The zero-order valence-electron chi connectivity index (χ0n) is 9.19. The maximum absolute atomic E-state index is 11.7. The molecule has 1 aliphatic rings. The number of hydrogen-bond donors (Lipinski definition) is 0. The summed E-state index contributed by atoms with van der Waals surface area (Å²) in [5.74, 6) is -0.224. The minimum atomic E-state index is -0.483. The minimum Gasteiger partial charge on any atom is -0.465 e. The van der Waals surface area contributed by atoms with Gasteiger partial charge < -0.3 is 4.74 Å². The molecule has 16 heavy (non-hydrogen) atoms. The summed E-state index contributed by atoms with van der Waals surface area (Å²) in [6.07, 6.45) is 3.18. The number of ketones is 1. The molecule has 1 aromatic heterocycles. The number of aromatic nitrogens is 2. The van der Waals surface area contributed by atoms with Crippen molar-refractivity contribution in [2.75, 3.05) is 7.11 Å². The fourth-order valence-corrected chi connectivity index (χ4v) is 1.42. The van der Waals surface area contributed by atoms with Crippen LogP contribution in [0, 0.1) is 12.8 Å². The van der Waals surface area contributed by atoms with E-state index >= 15 is 0 Å². The summed E-state index contributed by atoms with van der Waals surface area (Å²) in [5, 5.41) is 0. The van der Waals surface area contributed by atoms with Gasteiger partial charge in [-0.3, -0.25) is 4.79 Å². The Hall–Kier alpha value is -1.78. The maximum atomic E-state index is 11.7. The summed E-state index contributed by atoms with van der Waals surface area (Å²) in [6.45, 7) is 1.66. The lowest BCUT2D eigenvalue weighted by atomic mass is 10.2. The number of rotatable bonds is 3. The fraction of sp³-hybridized carbons (Fsp3) is 0.455. The van der Waals surface area contributed by atoms with Crippen molar-refractivity contribution >= 4 is 11.8 Å². The van der Waals surface area contributed by atoms with Gasteiger partial charge in [-0.05, 0) is 19.8 Å². The van der Waals surface area contributed by atoms with Gasteiger partial charge in [0.2, 0.25) is 5.78 Å². The van der Waals surface area contributed by atoms with Crippen molar-refractivity contribution < 1.29 is 14.3 Å². The van der Waals surface area contributed by atoms with Crippen molar-refractivity contribution in [2.45, 2.75) is 19.8 Å². The summed E-state index contributed by atoms with van der Waals surface area (Å²) in [7, 11) is 1.30. The number of carbonyl (C=O) groups excluding carboxylic acids is 2. The third kappa shape index (κ3) is 1.93. The van der Waals surface area contributed by atoms with Gasteiger partial charge in [0.25, 0.3) is 0 Å². The van der Waals surface area contributed by atoms with Gasteiger partial charge in [0, 0.05) is 12.1 Å². The van der Waals surface area contributed by atoms with E-state index in [4.69, 9.17) is 0 Å². The number of nitrogens with zero attached hydrogens (tertiary/aromatic N) is 2. The maximum Gasteiger partial charge on any atom is 0.341 e. The van der Waals surface area contributed by atoms with E-state index in [9.17, 15) is 9.59 Å². The second-order valence-electron chi connectivity index (χ2n) is 3.82. The lowest BCUT2D eigenvalue weighted by Crippen LogP contribution is -2.12. The van der Waals surface area contributed by atoms with Gasteiger partial charge in [0.05, 0.1) is 18.4 Å². The smallest absolute Gasteiger partial charge is 0.341 e. The summed E-state index contributed by atoms with van der Waals surface area (Å²) >= 11 is 0. The Bertz CT molecular complexity index is 453. The highest BCUT2D eigenvalue weighted by Gasteiger charge is 2.32. The quantitative estimate of drug-likeness (QED) is 0.564. The van der Waals surface area contributed by atoms with E-state index in [1.165, 1.54) is 13.3 Å². The van der Waals surface area contributed by atoms with Crippen LogP contribution in [0.25, 0.3) is 0 Å². The van der Waals surface area contributed by atoms with Gasteiger partial charge in [-0.15, -0.1) is 0 Å². The van der Waals surface area contributed by atoms with Crippen LogP contribution >= 0.6 is 0 Å². The predicted molar refractivity (Wildman–Crippen MR) is 55.2 cm³/mol. The number of methoxy groups -OCH3 is 1. The molecule has 0 N–H and O–H groups in total. The molecule has 1 heterocycles. The average molecular weight is 220 g/mol. The van der Waals surface area contributed by atoms with Crippen molar-refractivity contribution in [3.63, 3.8) is 0 Å². The van der Waals surface area contributed by atoms with Gasteiger partial charge in [0.15, 0.2) is 5.82 Å². The van der Waals surface area contributed by atoms with Crippen molar-refractivity contribution in [1.82, 2.24) is 9.97 Å². The fourth-order valence-electron chi connectivity index (χ4n) is 1.42. The number of ether oxygens (including phenoxy) is 1. The van der Waals surface area contributed by atoms with Crippen molar-refractivity contribution in [2.24, 2.45) is 5.92 Å². The molecule has 0 atom stereocenters. The molecule has 1 aliphatic carbocycles. The van der Waals surface area contributed by atoms with Gasteiger partial charge in [-0.25, -0.2) is 14.8 Å². The van der Waals surface area contributed by atoms with Crippen LogP contribution in [0.4, 0.5) is 0 Å². The monoisotopic (exact) mass is 220 g/mol. The van der Waals surface area contributed by atoms with Gasteiger partial charge in [0.1, 0.15) is 0 Å². The molecule has 0 aliphatic heterocycles. The van der Waals surface area contributed by atoms with Crippen LogP contribution in [0.1, 0.15) is 39.5 Å². The van der Waals surface area contributed by atoms with Crippen molar-refractivity contribution in [1.29, 1.82) is 0 Å². The second kappa shape index (κ2) is 4.00. The third-order valence-electron chi connectivity index (χ3n) is 2.55. The van der Waals surface area contributed by atoms with Crippen LogP contribution in [0.5, 0.6) is 0 Å². The predicted octanol–water partition coefficient (Wildman–Crippen LogP) is 1.16. The molecule has 1 saturated carbocycles. The molecule has 1 aromatic rings. The standard InChI is InChI=1S/C11H12N2O3/c1-6-8(11(15)16-2)5-12-10(13-6)9(14)7-3-4-7/h5,7H,3-4H2,1-2H3. The first kappa shape index (κ1) is 10.7. The highest BCUT2D eigenvalue weighted by molar-refractivity contribution is 5.97. The van der Waals surface area contributed by atoms with Crippen LogP contribution < -0.4 is 0 Å². The number of aryl methyl sites for hydroxylation is 1. The molecular formula is C11H12N2O3.